The van der Waals surface area contributed by atoms with E-state index in [4.69, 9.17) is 0 Å². The van der Waals surface area contributed by atoms with E-state index in [-0.39, 0.29) is 0 Å². The highest BCUT2D eigenvalue weighted by atomic mass is 19.1. The van der Waals surface area contributed by atoms with Crippen LogP contribution in [0.5, 0.6) is 0 Å². The normalized spacial score (nSPS) is 12.6. The topological polar surface area (TPSA) is 29.9 Å². The Kier molecular flexibility index (Phi) is 4.27. The number of nitrogens with one attached hydrogen (secondary N) is 1. The number of halogens is 2. The van der Waals surface area contributed by atoms with Gasteiger partial charge in [-0.15, -0.1) is 0 Å². The minimum atomic E-state index is -0.447. The fourth-order valence-electron chi connectivity index (χ4n) is 2.12. The lowest BCUT2D eigenvalue weighted by atomic mass is 10.0. The van der Waals surface area contributed by atoms with Gasteiger partial charge in [0, 0.05) is 23.9 Å². The molecule has 2 rings (SSSR count). The van der Waals surface area contributed by atoms with E-state index < -0.39 is 17.7 Å². The van der Waals surface area contributed by atoms with Gasteiger partial charge >= 0.3 is 0 Å². The van der Waals surface area contributed by atoms with E-state index in [9.17, 15) is 8.78 Å². The van der Waals surface area contributed by atoms with Crippen molar-refractivity contribution in [3.63, 3.8) is 0 Å². The number of aromatic nitrogens is 2. The molecule has 19 heavy (non-hydrogen) atoms. The van der Waals surface area contributed by atoms with Crippen molar-refractivity contribution in [2.75, 3.05) is 7.05 Å². The van der Waals surface area contributed by atoms with Crippen LogP contribution in [0.25, 0.3) is 0 Å². The zero-order valence-electron chi connectivity index (χ0n) is 11.0. The summed E-state index contributed by atoms with van der Waals surface area (Å²) in [5.41, 5.74) is 1.11. The molecule has 102 valence electrons. The van der Waals surface area contributed by atoms with Crippen molar-refractivity contribution in [2.24, 2.45) is 0 Å². The fourth-order valence-corrected chi connectivity index (χ4v) is 2.12. The molecule has 0 spiro atoms. The van der Waals surface area contributed by atoms with Crippen LogP contribution in [0.2, 0.25) is 0 Å². The van der Waals surface area contributed by atoms with Crippen molar-refractivity contribution in [2.45, 2.75) is 25.9 Å². The summed E-state index contributed by atoms with van der Waals surface area (Å²) in [5, 5.41) is 7.21. The molecule has 0 aliphatic rings. The molecule has 1 atom stereocenters. The molecule has 1 N–H and O–H groups in total. The van der Waals surface area contributed by atoms with Gasteiger partial charge in [-0.3, -0.25) is 4.68 Å². The van der Waals surface area contributed by atoms with Crippen molar-refractivity contribution in [3.05, 3.63) is 53.4 Å². The third-order valence-electron chi connectivity index (χ3n) is 3.00. The van der Waals surface area contributed by atoms with Crippen molar-refractivity contribution in [1.29, 1.82) is 0 Å². The minimum absolute atomic E-state index is 0.290. The van der Waals surface area contributed by atoms with Crippen LogP contribution >= 0.6 is 0 Å². The van der Waals surface area contributed by atoms with Gasteiger partial charge in [0.25, 0.3) is 0 Å². The third-order valence-corrected chi connectivity index (χ3v) is 3.00. The largest absolute Gasteiger partial charge is 0.309 e. The molecule has 0 radical (unpaired) electrons. The Balaban J connectivity index is 2.35. The van der Waals surface area contributed by atoms with Gasteiger partial charge in [-0.2, -0.15) is 5.10 Å². The van der Waals surface area contributed by atoms with Crippen LogP contribution in [-0.4, -0.2) is 16.8 Å². The van der Waals surface area contributed by atoms with Crippen LogP contribution in [0.15, 0.2) is 30.6 Å². The first-order chi connectivity index (χ1) is 9.15. The first-order valence-corrected chi connectivity index (χ1v) is 6.30. The molecule has 0 amide bonds. The van der Waals surface area contributed by atoms with E-state index in [1.807, 2.05) is 6.20 Å². The first kappa shape index (κ1) is 13.7. The van der Waals surface area contributed by atoms with Crippen LogP contribution < -0.4 is 5.32 Å². The zero-order valence-corrected chi connectivity index (χ0v) is 11.0. The van der Waals surface area contributed by atoms with E-state index in [0.717, 1.165) is 30.7 Å². The summed E-state index contributed by atoms with van der Waals surface area (Å²) in [6.45, 7) is 2.87. The minimum Gasteiger partial charge on any atom is -0.309 e. The smallest absolute Gasteiger partial charge is 0.128 e. The van der Waals surface area contributed by atoms with Gasteiger partial charge in [0.1, 0.15) is 11.6 Å². The van der Waals surface area contributed by atoms with Crippen molar-refractivity contribution >= 4 is 0 Å². The van der Waals surface area contributed by atoms with Gasteiger partial charge in [-0.1, -0.05) is 6.92 Å². The molecule has 0 aliphatic heterocycles. The van der Waals surface area contributed by atoms with Gasteiger partial charge in [0.15, 0.2) is 0 Å². The predicted octanol–water partition coefficient (Wildman–Crippen LogP) is 2.88. The number of nitrogens with zero attached hydrogens (tertiary/aromatic N) is 2. The lowest BCUT2D eigenvalue weighted by molar-refractivity contribution is 0.557. The Morgan fingerprint density at radius 1 is 1.37 bits per heavy atom. The highest BCUT2D eigenvalue weighted by molar-refractivity contribution is 5.30. The van der Waals surface area contributed by atoms with Crippen LogP contribution in [0.1, 0.15) is 30.5 Å². The Morgan fingerprint density at radius 2 is 2.16 bits per heavy atom. The molecule has 0 aliphatic carbocycles. The standard InChI is InChI=1S/C14H17F2N3/c1-3-6-19-9-10(8-18-19)14(17-2)12-7-11(15)4-5-13(12)16/h4-5,7-9,14,17H,3,6H2,1-2H3. The molecule has 0 bridgehead atoms. The highest BCUT2D eigenvalue weighted by Crippen LogP contribution is 2.24. The summed E-state index contributed by atoms with van der Waals surface area (Å²) < 4.78 is 28.9. The number of aryl methyl sites for hydroxylation is 1. The van der Waals surface area contributed by atoms with Crippen LogP contribution in [0, 0.1) is 11.6 Å². The van der Waals surface area contributed by atoms with Crippen molar-refractivity contribution in [1.82, 2.24) is 15.1 Å². The molecular weight excluding hydrogens is 248 g/mol. The summed E-state index contributed by atoms with van der Waals surface area (Å²) in [4.78, 5) is 0. The molecule has 1 aromatic carbocycles. The summed E-state index contributed by atoms with van der Waals surface area (Å²) >= 11 is 0. The summed E-state index contributed by atoms with van der Waals surface area (Å²) in [6, 6.07) is 3.08. The van der Waals surface area contributed by atoms with Gasteiger partial charge < -0.3 is 5.32 Å². The van der Waals surface area contributed by atoms with Gasteiger partial charge in [0.05, 0.1) is 12.2 Å². The molecule has 0 fully saturated rings. The zero-order chi connectivity index (χ0) is 13.8. The van der Waals surface area contributed by atoms with E-state index in [2.05, 4.69) is 17.3 Å². The summed E-state index contributed by atoms with van der Waals surface area (Å²) in [5.74, 6) is -0.874. The Bertz CT molecular complexity index is 551. The monoisotopic (exact) mass is 265 g/mol. The molecule has 1 aromatic heterocycles. The first-order valence-electron chi connectivity index (χ1n) is 6.30. The average Bonchev–Trinajstić information content (AvgIpc) is 2.83. The van der Waals surface area contributed by atoms with Crippen molar-refractivity contribution in [3.8, 4) is 0 Å². The summed E-state index contributed by atoms with van der Waals surface area (Å²) in [7, 11) is 1.71. The number of rotatable bonds is 5. The Labute approximate surface area is 111 Å². The number of benzene rings is 1. The Hall–Kier alpha value is -1.75. The predicted molar refractivity (Wildman–Crippen MR) is 69.8 cm³/mol. The van der Waals surface area contributed by atoms with Crippen LogP contribution in [0.4, 0.5) is 8.78 Å². The SMILES string of the molecule is CCCn1cc(C(NC)c2cc(F)ccc2F)cn1. The Morgan fingerprint density at radius 3 is 2.84 bits per heavy atom. The van der Waals surface area contributed by atoms with Gasteiger partial charge in [-0.25, -0.2) is 8.78 Å². The third kappa shape index (κ3) is 2.98. The molecular formula is C14H17F2N3. The maximum Gasteiger partial charge on any atom is 0.128 e. The van der Waals surface area contributed by atoms with Crippen LogP contribution in [-0.2, 0) is 6.54 Å². The fraction of sp³-hybridized carbons (Fsp3) is 0.357. The lowest BCUT2D eigenvalue weighted by Gasteiger charge is -2.15. The molecule has 0 saturated carbocycles. The number of hydrogen-bond acceptors (Lipinski definition) is 2. The molecule has 0 saturated heterocycles. The van der Waals surface area contributed by atoms with Crippen LogP contribution in [0.3, 0.4) is 0 Å². The molecule has 5 heteroatoms. The average molecular weight is 265 g/mol. The van der Waals surface area contributed by atoms with Gasteiger partial charge in [-0.05, 0) is 31.7 Å². The second-order valence-electron chi connectivity index (χ2n) is 4.42. The highest BCUT2D eigenvalue weighted by Gasteiger charge is 2.18. The quantitative estimate of drug-likeness (QED) is 0.901. The molecule has 1 unspecified atom stereocenters. The lowest BCUT2D eigenvalue weighted by Crippen LogP contribution is -2.18. The maximum atomic E-state index is 13.8. The second-order valence-corrected chi connectivity index (χ2v) is 4.42. The molecule has 1 heterocycles. The van der Waals surface area contributed by atoms with E-state index >= 15 is 0 Å². The molecule has 3 nitrogen and oxygen atoms in total. The summed E-state index contributed by atoms with van der Waals surface area (Å²) in [6.07, 6.45) is 4.51. The second kappa shape index (κ2) is 5.93. The van der Waals surface area contributed by atoms with Crippen molar-refractivity contribution < 1.29 is 8.78 Å². The van der Waals surface area contributed by atoms with E-state index in [1.165, 1.54) is 6.07 Å². The van der Waals surface area contributed by atoms with E-state index in [0.29, 0.717) is 5.56 Å². The number of hydrogen-bond donors (Lipinski definition) is 1. The van der Waals surface area contributed by atoms with E-state index in [1.54, 1.807) is 17.9 Å². The van der Waals surface area contributed by atoms with Gasteiger partial charge in [0.2, 0.25) is 0 Å². The molecule has 2 aromatic rings. The maximum absolute atomic E-state index is 13.8.